The predicted molar refractivity (Wildman–Crippen MR) is 98.8 cm³/mol. The van der Waals surface area contributed by atoms with Crippen LogP contribution in [0, 0.1) is 0 Å². The first-order valence-electron chi connectivity index (χ1n) is 6.75. The van der Waals surface area contributed by atoms with Crippen LogP contribution < -0.4 is 0 Å². The third-order valence-electron chi connectivity index (χ3n) is 3.28. The molecule has 0 N–H and O–H groups in total. The number of ketones is 1. The molecule has 2 aromatic carbocycles. The summed E-state index contributed by atoms with van der Waals surface area (Å²) >= 11 is 8.39. The van der Waals surface area contributed by atoms with Gasteiger partial charge in [0.2, 0.25) is 5.78 Å². The topological polar surface area (TPSA) is 17.1 Å². The molecule has 0 fully saturated rings. The molecule has 4 heteroatoms. The minimum Gasteiger partial charge on any atom is -0.288 e. The molecule has 0 amide bonds. The van der Waals surface area contributed by atoms with Gasteiger partial charge in [-0.2, -0.15) is 0 Å². The summed E-state index contributed by atoms with van der Waals surface area (Å²) in [6, 6.07) is 19.7. The molecule has 22 heavy (non-hydrogen) atoms. The highest BCUT2D eigenvalue weighted by molar-refractivity contribution is 9.10. The van der Waals surface area contributed by atoms with E-state index < -0.39 is 0 Å². The van der Waals surface area contributed by atoms with E-state index >= 15 is 0 Å². The van der Waals surface area contributed by atoms with Crippen LogP contribution in [0.1, 0.15) is 25.7 Å². The Morgan fingerprint density at radius 2 is 1.41 bits per heavy atom. The minimum atomic E-state index is 0.0829. The highest BCUT2D eigenvalue weighted by Crippen LogP contribution is 2.24. The molecule has 0 unspecified atom stereocenters. The number of rotatable bonds is 4. The van der Waals surface area contributed by atoms with Gasteiger partial charge in [0.15, 0.2) is 0 Å². The summed E-state index contributed by atoms with van der Waals surface area (Å²) in [4.78, 5) is 14.4. The van der Waals surface area contributed by atoms with Crippen molar-refractivity contribution in [1.82, 2.24) is 0 Å². The van der Waals surface area contributed by atoms with Gasteiger partial charge in [-0.25, -0.2) is 0 Å². The van der Waals surface area contributed by atoms with Gasteiger partial charge in [0.25, 0.3) is 0 Å². The van der Waals surface area contributed by atoms with Crippen molar-refractivity contribution < 1.29 is 4.79 Å². The van der Waals surface area contributed by atoms with E-state index in [9.17, 15) is 4.79 Å². The van der Waals surface area contributed by atoms with Crippen molar-refractivity contribution in [2.75, 3.05) is 0 Å². The zero-order valence-corrected chi connectivity index (χ0v) is 15.5. The van der Waals surface area contributed by atoms with Gasteiger partial charge in [0.1, 0.15) is 0 Å². The van der Waals surface area contributed by atoms with Crippen LogP contribution >= 0.6 is 43.2 Å². The summed E-state index contributed by atoms with van der Waals surface area (Å²) in [5.74, 6) is 0.0829. The van der Waals surface area contributed by atoms with Crippen LogP contribution in [0.3, 0.4) is 0 Å². The minimum absolute atomic E-state index is 0.0829. The number of carbonyl (C=O) groups excluding carboxylic acids is 1. The Morgan fingerprint density at radius 1 is 0.818 bits per heavy atom. The fraction of sp³-hybridized carbons (Fsp3) is 0.0556. The maximum absolute atomic E-state index is 12.5. The van der Waals surface area contributed by atoms with Crippen LogP contribution in [0.2, 0.25) is 0 Å². The molecule has 1 aromatic heterocycles. The van der Waals surface area contributed by atoms with E-state index in [0.29, 0.717) is 0 Å². The average Bonchev–Trinajstić information content (AvgIpc) is 2.98. The second kappa shape index (κ2) is 6.90. The van der Waals surface area contributed by atoms with Crippen molar-refractivity contribution in [2.24, 2.45) is 0 Å². The highest BCUT2D eigenvalue weighted by Gasteiger charge is 2.12. The Labute approximate surface area is 150 Å². The van der Waals surface area contributed by atoms with Gasteiger partial charge in [-0.15, -0.1) is 11.3 Å². The molecule has 0 saturated heterocycles. The van der Waals surface area contributed by atoms with E-state index in [1.165, 1.54) is 10.4 Å². The SMILES string of the molecule is O=C(c1ccc(Br)cc1)c1ccc(Cc2ccc(Br)cc2)s1. The van der Waals surface area contributed by atoms with Crippen LogP contribution in [0.4, 0.5) is 0 Å². The first kappa shape index (κ1) is 15.7. The van der Waals surface area contributed by atoms with Crippen LogP contribution in [0.25, 0.3) is 0 Å². The maximum Gasteiger partial charge on any atom is 0.202 e. The molecule has 0 aliphatic carbocycles. The standard InChI is InChI=1S/C18H12Br2OS/c19-14-5-1-12(2-6-14)11-16-9-10-17(22-16)18(21)13-3-7-15(20)8-4-13/h1-10H,11H2. The summed E-state index contributed by atoms with van der Waals surface area (Å²) in [5.41, 5.74) is 1.97. The first-order chi connectivity index (χ1) is 10.6. The number of carbonyl (C=O) groups is 1. The van der Waals surface area contributed by atoms with Crippen LogP contribution in [0.15, 0.2) is 69.6 Å². The van der Waals surface area contributed by atoms with E-state index in [0.717, 1.165) is 25.8 Å². The van der Waals surface area contributed by atoms with E-state index in [-0.39, 0.29) is 5.78 Å². The lowest BCUT2D eigenvalue weighted by Gasteiger charge is -2.00. The summed E-state index contributed by atoms with van der Waals surface area (Å²) in [6.07, 6.45) is 0.853. The van der Waals surface area contributed by atoms with E-state index in [1.807, 2.05) is 48.5 Å². The van der Waals surface area contributed by atoms with Gasteiger partial charge in [-0.1, -0.05) is 44.0 Å². The molecular formula is C18H12Br2OS. The monoisotopic (exact) mass is 434 g/mol. The molecule has 110 valence electrons. The maximum atomic E-state index is 12.5. The van der Waals surface area contributed by atoms with E-state index in [4.69, 9.17) is 0 Å². The average molecular weight is 436 g/mol. The molecule has 1 heterocycles. The number of hydrogen-bond acceptors (Lipinski definition) is 2. The van der Waals surface area contributed by atoms with Gasteiger partial charge in [-0.3, -0.25) is 4.79 Å². The van der Waals surface area contributed by atoms with Gasteiger partial charge >= 0.3 is 0 Å². The lowest BCUT2D eigenvalue weighted by Crippen LogP contribution is -1.97. The van der Waals surface area contributed by atoms with Crippen molar-refractivity contribution in [2.45, 2.75) is 6.42 Å². The molecule has 3 rings (SSSR count). The predicted octanol–water partition coefficient (Wildman–Crippen LogP) is 6.09. The second-order valence-electron chi connectivity index (χ2n) is 4.91. The summed E-state index contributed by atoms with van der Waals surface area (Å²) < 4.78 is 2.06. The summed E-state index contributed by atoms with van der Waals surface area (Å²) in [6.45, 7) is 0. The van der Waals surface area contributed by atoms with Gasteiger partial charge in [0, 0.05) is 25.8 Å². The van der Waals surface area contributed by atoms with E-state index in [2.05, 4.69) is 44.0 Å². The molecule has 3 aromatic rings. The molecule has 0 bridgehead atoms. The molecule has 0 radical (unpaired) electrons. The van der Waals surface area contributed by atoms with Gasteiger partial charge < -0.3 is 0 Å². The third kappa shape index (κ3) is 3.75. The van der Waals surface area contributed by atoms with E-state index in [1.54, 1.807) is 11.3 Å². The fourth-order valence-corrected chi connectivity index (χ4v) is 3.67. The summed E-state index contributed by atoms with van der Waals surface area (Å²) in [5, 5.41) is 0. The fourth-order valence-electron chi connectivity index (χ4n) is 2.14. The summed E-state index contributed by atoms with van der Waals surface area (Å²) in [7, 11) is 0. The molecule has 1 nitrogen and oxygen atoms in total. The van der Waals surface area contributed by atoms with Crippen molar-refractivity contribution in [1.29, 1.82) is 0 Å². The molecule has 0 spiro atoms. The molecule has 0 aliphatic heterocycles. The lowest BCUT2D eigenvalue weighted by molar-refractivity contribution is 0.104. The highest BCUT2D eigenvalue weighted by atomic mass is 79.9. The third-order valence-corrected chi connectivity index (χ3v) is 5.42. The zero-order valence-electron chi connectivity index (χ0n) is 11.6. The van der Waals surface area contributed by atoms with Crippen molar-refractivity contribution in [3.63, 3.8) is 0 Å². The van der Waals surface area contributed by atoms with Crippen molar-refractivity contribution >= 4 is 49.0 Å². The normalized spacial score (nSPS) is 10.6. The Hall–Kier alpha value is -1.23. The van der Waals surface area contributed by atoms with Crippen molar-refractivity contribution in [3.05, 3.63) is 90.5 Å². The first-order valence-corrected chi connectivity index (χ1v) is 9.15. The lowest BCUT2D eigenvalue weighted by atomic mass is 10.1. The molecule has 0 saturated carbocycles. The van der Waals surface area contributed by atoms with Crippen LogP contribution in [0.5, 0.6) is 0 Å². The smallest absolute Gasteiger partial charge is 0.202 e. The Morgan fingerprint density at radius 3 is 2.05 bits per heavy atom. The second-order valence-corrected chi connectivity index (χ2v) is 7.90. The van der Waals surface area contributed by atoms with Crippen LogP contribution in [-0.4, -0.2) is 5.78 Å². The zero-order chi connectivity index (χ0) is 15.5. The van der Waals surface area contributed by atoms with Crippen LogP contribution in [-0.2, 0) is 6.42 Å². The van der Waals surface area contributed by atoms with Gasteiger partial charge in [0.05, 0.1) is 4.88 Å². The number of benzene rings is 2. The Bertz CT molecular complexity index is 789. The quantitative estimate of drug-likeness (QED) is 0.452. The molecule has 0 aliphatic rings. The van der Waals surface area contributed by atoms with Gasteiger partial charge in [-0.05, 0) is 54.1 Å². The number of halogens is 2. The largest absolute Gasteiger partial charge is 0.288 e. The molecule has 0 atom stereocenters. The number of thiophene rings is 1. The number of hydrogen-bond donors (Lipinski definition) is 0. The van der Waals surface area contributed by atoms with Crippen molar-refractivity contribution in [3.8, 4) is 0 Å². The Balaban J connectivity index is 1.77. The Kier molecular flexibility index (Phi) is 4.91. The molecular weight excluding hydrogens is 424 g/mol.